The molecule has 11 heavy (non-hydrogen) atoms. The van der Waals surface area contributed by atoms with Crippen molar-refractivity contribution < 1.29 is 15.0 Å². The molecule has 0 radical (unpaired) electrons. The van der Waals surface area contributed by atoms with Gasteiger partial charge < -0.3 is 15.5 Å². The molecule has 0 aromatic carbocycles. The molecule has 1 amide bonds. The van der Waals surface area contributed by atoms with Gasteiger partial charge in [-0.1, -0.05) is 6.42 Å². The minimum Gasteiger partial charge on any atom is -0.465 e. The number of nitrogens with one attached hydrogen (secondary N) is 1. The molecular formula is C7H13NO3. The van der Waals surface area contributed by atoms with Crippen LogP contribution in [0.2, 0.25) is 0 Å². The van der Waals surface area contributed by atoms with Gasteiger partial charge in [0.15, 0.2) is 0 Å². The van der Waals surface area contributed by atoms with Crippen LogP contribution in [0.25, 0.3) is 0 Å². The summed E-state index contributed by atoms with van der Waals surface area (Å²) in [6, 6.07) is -0.0301. The van der Waals surface area contributed by atoms with Gasteiger partial charge in [0.25, 0.3) is 0 Å². The fraction of sp³-hybridized carbons (Fsp3) is 0.857. The molecule has 0 unspecified atom stereocenters. The minimum absolute atomic E-state index is 0.0301. The second kappa shape index (κ2) is 3.57. The third-order valence-electron chi connectivity index (χ3n) is 2.20. The molecule has 1 aliphatic rings. The first-order valence-corrected chi connectivity index (χ1v) is 3.84. The van der Waals surface area contributed by atoms with Crippen molar-refractivity contribution in [3.8, 4) is 0 Å². The van der Waals surface area contributed by atoms with Gasteiger partial charge in [-0.2, -0.15) is 0 Å². The molecule has 1 fully saturated rings. The number of aliphatic hydroxyl groups excluding tert-OH is 1. The van der Waals surface area contributed by atoms with E-state index in [9.17, 15) is 4.79 Å². The van der Waals surface area contributed by atoms with Crippen LogP contribution in [-0.2, 0) is 0 Å². The number of rotatable bonds is 2. The first-order chi connectivity index (χ1) is 5.24. The van der Waals surface area contributed by atoms with Gasteiger partial charge in [0.2, 0.25) is 0 Å². The summed E-state index contributed by atoms with van der Waals surface area (Å²) in [6.07, 6.45) is 1.81. The van der Waals surface area contributed by atoms with Crippen molar-refractivity contribution in [1.82, 2.24) is 5.32 Å². The van der Waals surface area contributed by atoms with E-state index in [2.05, 4.69) is 5.32 Å². The van der Waals surface area contributed by atoms with Crippen LogP contribution in [0, 0.1) is 5.92 Å². The van der Waals surface area contributed by atoms with Crippen LogP contribution in [-0.4, -0.2) is 29.0 Å². The molecule has 0 heterocycles. The molecule has 0 bridgehead atoms. The number of carbonyl (C=O) groups is 1. The third-order valence-corrected chi connectivity index (χ3v) is 2.20. The van der Waals surface area contributed by atoms with Crippen molar-refractivity contribution in [2.75, 3.05) is 6.61 Å². The van der Waals surface area contributed by atoms with Crippen LogP contribution in [0.3, 0.4) is 0 Å². The average molecular weight is 159 g/mol. The van der Waals surface area contributed by atoms with Gasteiger partial charge in [0, 0.05) is 18.6 Å². The van der Waals surface area contributed by atoms with E-state index in [1.54, 1.807) is 0 Å². The van der Waals surface area contributed by atoms with Crippen molar-refractivity contribution in [1.29, 1.82) is 0 Å². The molecule has 1 saturated carbocycles. The summed E-state index contributed by atoms with van der Waals surface area (Å²) in [5, 5.41) is 19.6. The first-order valence-electron chi connectivity index (χ1n) is 3.84. The quantitative estimate of drug-likeness (QED) is 0.546. The summed E-state index contributed by atoms with van der Waals surface area (Å²) in [6.45, 7) is 0.0882. The Balaban J connectivity index is 2.37. The van der Waals surface area contributed by atoms with Gasteiger partial charge >= 0.3 is 6.09 Å². The predicted molar refractivity (Wildman–Crippen MR) is 39.4 cm³/mol. The van der Waals surface area contributed by atoms with Crippen LogP contribution in [0.1, 0.15) is 19.3 Å². The van der Waals surface area contributed by atoms with E-state index < -0.39 is 6.09 Å². The van der Waals surface area contributed by atoms with Crippen LogP contribution in [0.15, 0.2) is 0 Å². The smallest absolute Gasteiger partial charge is 0.404 e. The lowest BCUT2D eigenvalue weighted by Crippen LogP contribution is -2.37. The minimum atomic E-state index is -0.990. The van der Waals surface area contributed by atoms with E-state index in [-0.39, 0.29) is 18.6 Å². The second-order valence-electron chi connectivity index (χ2n) is 2.93. The van der Waals surface area contributed by atoms with Gasteiger partial charge in [0.05, 0.1) is 0 Å². The Morgan fingerprint density at radius 1 is 1.55 bits per heavy atom. The van der Waals surface area contributed by atoms with Gasteiger partial charge in [-0.3, -0.25) is 0 Å². The maximum Gasteiger partial charge on any atom is 0.404 e. The maximum atomic E-state index is 10.2. The van der Waals surface area contributed by atoms with E-state index in [0.717, 1.165) is 19.3 Å². The second-order valence-corrected chi connectivity index (χ2v) is 2.93. The zero-order valence-corrected chi connectivity index (χ0v) is 6.29. The summed E-state index contributed by atoms with van der Waals surface area (Å²) >= 11 is 0. The lowest BCUT2D eigenvalue weighted by atomic mass is 10.1. The zero-order chi connectivity index (χ0) is 8.27. The highest BCUT2D eigenvalue weighted by Crippen LogP contribution is 2.24. The zero-order valence-electron chi connectivity index (χ0n) is 6.29. The largest absolute Gasteiger partial charge is 0.465 e. The highest BCUT2D eigenvalue weighted by molar-refractivity contribution is 5.64. The number of hydrogen-bond donors (Lipinski definition) is 3. The van der Waals surface area contributed by atoms with Gasteiger partial charge in [-0.25, -0.2) is 4.79 Å². The Morgan fingerprint density at radius 2 is 2.27 bits per heavy atom. The van der Waals surface area contributed by atoms with Gasteiger partial charge in [0.1, 0.15) is 0 Å². The molecular weight excluding hydrogens is 146 g/mol. The number of amides is 1. The van der Waals surface area contributed by atoms with Gasteiger partial charge in [-0.05, 0) is 12.8 Å². The van der Waals surface area contributed by atoms with Crippen molar-refractivity contribution in [2.45, 2.75) is 25.3 Å². The van der Waals surface area contributed by atoms with E-state index in [1.807, 2.05) is 0 Å². The summed E-state index contributed by atoms with van der Waals surface area (Å²) in [7, 11) is 0. The molecule has 2 atom stereocenters. The predicted octanol–water partition coefficient (Wildman–Crippen LogP) is 0.415. The van der Waals surface area contributed by atoms with Crippen LogP contribution in [0.4, 0.5) is 4.79 Å². The lowest BCUT2D eigenvalue weighted by Gasteiger charge is -2.16. The van der Waals surface area contributed by atoms with E-state index >= 15 is 0 Å². The van der Waals surface area contributed by atoms with Crippen molar-refractivity contribution in [2.24, 2.45) is 5.92 Å². The molecule has 1 rings (SSSR count). The summed E-state index contributed by atoms with van der Waals surface area (Å²) in [5.74, 6) is 0.131. The topological polar surface area (TPSA) is 69.6 Å². The molecule has 4 heteroatoms. The van der Waals surface area contributed by atoms with E-state index in [4.69, 9.17) is 10.2 Å². The van der Waals surface area contributed by atoms with Crippen molar-refractivity contribution >= 4 is 6.09 Å². The van der Waals surface area contributed by atoms with Crippen LogP contribution < -0.4 is 5.32 Å². The maximum absolute atomic E-state index is 10.2. The molecule has 0 aromatic heterocycles. The SMILES string of the molecule is O=C(O)N[C@H]1CCC[C@H]1CO. The first kappa shape index (κ1) is 8.33. The van der Waals surface area contributed by atoms with E-state index in [0.29, 0.717) is 0 Å². The molecule has 3 N–H and O–H groups in total. The van der Waals surface area contributed by atoms with Crippen molar-refractivity contribution in [3.63, 3.8) is 0 Å². The van der Waals surface area contributed by atoms with Gasteiger partial charge in [-0.15, -0.1) is 0 Å². The molecule has 0 saturated heterocycles. The summed E-state index contributed by atoms with van der Waals surface area (Å²) in [4.78, 5) is 10.2. The highest BCUT2D eigenvalue weighted by atomic mass is 16.4. The Kier molecular flexibility index (Phi) is 2.70. The molecule has 64 valence electrons. The molecule has 0 spiro atoms. The Hall–Kier alpha value is -0.770. The molecule has 0 aliphatic heterocycles. The molecule has 4 nitrogen and oxygen atoms in total. The Labute approximate surface area is 65.2 Å². The normalized spacial score (nSPS) is 30.3. The third kappa shape index (κ3) is 2.08. The number of hydrogen-bond acceptors (Lipinski definition) is 2. The van der Waals surface area contributed by atoms with Crippen LogP contribution >= 0.6 is 0 Å². The summed E-state index contributed by atoms with van der Waals surface area (Å²) in [5.41, 5.74) is 0. The summed E-state index contributed by atoms with van der Waals surface area (Å²) < 4.78 is 0. The Morgan fingerprint density at radius 3 is 2.82 bits per heavy atom. The molecule has 1 aliphatic carbocycles. The monoisotopic (exact) mass is 159 g/mol. The fourth-order valence-corrected chi connectivity index (χ4v) is 1.60. The standard InChI is InChI=1S/C7H13NO3/c9-4-5-2-1-3-6(5)8-7(10)11/h5-6,8-9H,1-4H2,(H,10,11)/t5-,6-/m0/s1. The Bertz CT molecular complexity index is 149. The number of aliphatic hydroxyl groups is 1. The highest BCUT2D eigenvalue weighted by Gasteiger charge is 2.27. The number of carboxylic acid groups (broad SMARTS) is 1. The lowest BCUT2D eigenvalue weighted by molar-refractivity contribution is 0.173. The fourth-order valence-electron chi connectivity index (χ4n) is 1.60. The van der Waals surface area contributed by atoms with E-state index in [1.165, 1.54) is 0 Å². The van der Waals surface area contributed by atoms with Crippen LogP contribution in [0.5, 0.6) is 0 Å². The average Bonchev–Trinajstić information content (AvgIpc) is 2.34. The van der Waals surface area contributed by atoms with Crippen molar-refractivity contribution in [3.05, 3.63) is 0 Å². The molecule has 0 aromatic rings.